The van der Waals surface area contributed by atoms with Gasteiger partial charge in [-0.1, -0.05) is 6.08 Å². The van der Waals surface area contributed by atoms with E-state index in [0.717, 1.165) is 36.5 Å². The van der Waals surface area contributed by atoms with Gasteiger partial charge in [0.05, 0.1) is 0 Å². The number of nitrogens with zero attached hydrogens (tertiary/aromatic N) is 2. The van der Waals surface area contributed by atoms with E-state index in [-0.39, 0.29) is 0 Å². The molecule has 1 aliphatic carbocycles. The first-order valence-electron chi connectivity index (χ1n) is 8.54. The van der Waals surface area contributed by atoms with E-state index in [1.165, 1.54) is 31.7 Å². The molecule has 0 saturated heterocycles. The Kier molecular flexibility index (Phi) is 5.34. The van der Waals surface area contributed by atoms with Gasteiger partial charge >= 0.3 is 0 Å². The van der Waals surface area contributed by atoms with Crippen LogP contribution in [-0.2, 0) is 6.42 Å². The van der Waals surface area contributed by atoms with Gasteiger partial charge in [0.1, 0.15) is 0 Å². The van der Waals surface area contributed by atoms with Gasteiger partial charge in [-0.25, -0.2) is 18.7 Å². The molecule has 24 heavy (non-hydrogen) atoms. The molecule has 1 aromatic carbocycles. The van der Waals surface area contributed by atoms with Crippen LogP contribution in [0.5, 0.6) is 0 Å². The summed E-state index contributed by atoms with van der Waals surface area (Å²) in [5.41, 5.74) is 1.58. The molecule has 0 unspecified atom stereocenters. The molecule has 1 aromatic heterocycles. The molecule has 0 bridgehead atoms. The molecule has 1 heterocycles. The standard InChI is InChI=1S/C20H22F2N2/c1-2-14-3-5-15(6-4-14)7-8-16-12-23-20(24-13-16)17-9-10-18(21)19(22)11-17/h2,9-15H,1,3-8H2/t14-,15-. The lowest BCUT2D eigenvalue weighted by Crippen LogP contribution is -2.13. The van der Waals surface area contributed by atoms with Crippen LogP contribution in [0, 0.1) is 23.5 Å². The number of allylic oxidation sites excluding steroid dienone is 1. The molecule has 2 nitrogen and oxygen atoms in total. The minimum Gasteiger partial charge on any atom is -0.236 e. The molecular formula is C20H22F2N2. The van der Waals surface area contributed by atoms with Crippen molar-refractivity contribution in [2.45, 2.75) is 38.5 Å². The van der Waals surface area contributed by atoms with Crippen LogP contribution < -0.4 is 0 Å². The van der Waals surface area contributed by atoms with Crippen molar-refractivity contribution in [1.82, 2.24) is 9.97 Å². The van der Waals surface area contributed by atoms with E-state index in [1.54, 1.807) is 12.4 Å². The Morgan fingerprint density at radius 1 is 1.04 bits per heavy atom. The average Bonchev–Trinajstić information content (AvgIpc) is 2.63. The molecule has 0 amide bonds. The topological polar surface area (TPSA) is 25.8 Å². The molecule has 0 N–H and O–H groups in total. The highest BCUT2D eigenvalue weighted by Crippen LogP contribution is 2.32. The van der Waals surface area contributed by atoms with Crippen LogP contribution in [0.1, 0.15) is 37.7 Å². The number of aryl methyl sites for hydroxylation is 1. The van der Waals surface area contributed by atoms with Gasteiger partial charge in [0.25, 0.3) is 0 Å². The zero-order valence-electron chi connectivity index (χ0n) is 13.7. The first-order valence-corrected chi connectivity index (χ1v) is 8.54. The van der Waals surface area contributed by atoms with Crippen LogP contribution in [0.3, 0.4) is 0 Å². The third kappa shape index (κ3) is 4.05. The zero-order valence-corrected chi connectivity index (χ0v) is 13.7. The van der Waals surface area contributed by atoms with Crippen molar-refractivity contribution in [2.24, 2.45) is 11.8 Å². The Hall–Kier alpha value is -2.10. The number of rotatable bonds is 5. The lowest BCUT2D eigenvalue weighted by atomic mass is 9.80. The number of aromatic nitrogens is 2. The highest BCUT2D eigenvalue weighted by atomic mass is 19.2. The van der Waals surface area contributed by atoms with E-state index >= 15 is 0 Å². The molecule has 1 aliphatic rings. The normalized spacial score (nSPS) is 20.8. The van der Waals surface area contributed by atoms with Crippen molar-refractivity contribution >= 4 is 0 Å². The summed E-state index contributed by atoms with van der Waals surface area (Å²) in [6.45, 7) is 3.89. The number of hydrogen-bond acceptors (Lipinski definition) is 2. The quantitative estimate of drug-likeness (QED) is 0.692. The fourth-order valence-corrected chi connectivity index (χ4v) is 3.35. The van der Waals surface area contributed by atoms with Crippen LogP contribution in [0.15, 0.2) is 43.2 Å². The van der Waals surface area contributed by atoms with E-state index in [0.29, 0.717) is 17.3 Å². The largest absolute Gasteiger partial charge is 0.236 e. The summed E-state index contributed by atoms with van der Waals surface area (Å²) in [5, 5.41) is 0. The molecule has 0 spiro atoms. The van der Waals surface area contributed by atoms with Crippen molar-refractivity contribution < 1.29 is 8.78 Å². The Balaban J connectivity index is 1.57. The van der Waals surface area contributed by atoms with Gasteiger partial charge in [-0.3, -0.25) is 0 Å². The number of halogens is 2. The molecule has 1 saturated carbocycles. The SMILES string of the molecule is C=C[C@H]1CC[C@H](CCc2cnc(-c3ccc(F)c(F)c3)nc2)CC1. The van der Waals surface area contributed by atoms with E-state index in [4.69, 9.17) is 0 Å². The van der Waals surface area contributed by atoms with Crippen LogP contribution >= 0.6 is 0 Å². The predicted octanol–water partition coefficient (Wildman–Crippen LogP) is 5.35. The van der Waals surface area contributed by atoms with Gasteiger partial charge in [0, 0.05) is 18.0 Å². The van der Waals surface area contributed by atoms with Gasteiger partial charge in [0.15, 0.2) is 17.5 Å². The summed E-state index contributed by atoms with van der Waals surface area (Å²) in [6.07, 6.45) is 12.8. The summed E-state index contributed by atoms with van der Waals surface area (Å²) >= 11 is 0. The van der Waals surface area contributed by atoms with E-state index in [1.807, 2.05) is 0 Å². The first kappa shape index (κ1) is 16.7. The third-order valence-electron chi connectivity index (χ3n) is 4.95. The summed E-state index contributed by atoms with van der Waals surface area (Å²) < 4.78 is 26.3. The van der Waals surface area contributed by atoms with E-state index < -0.39 is 11.6 Å². The molecule has 2 aromatic rings. The molecule has 4 heteroatoms. The maximum absolute atomic E-state index is 13.3. The monoisotopic (exact) mass is 328 g/mol. The van der Waals surface area contributed by atoms with Crippen molar-refractivity contribution in [3.8, 4) is 11.4 Å². The van der Waals surface area contributed by atoms with Gasteiger partial charge in [-0.15, -0.1) is 6.58 Å². The molecule has 0 aliphatic heterocycles. The second kappa shape index (κ2) is 7.65. The van der Waals surface area contributed by atoms with Crippen molar-refractivity contribution in [2.75, 3.05) is 0 Å². The zero-order chi connectivity index (χ0) is 16.9. The maximum Gasteiger partial charge on any atom is 0.159 e. The Morgan fingerprint density at radius 2 is 1.75 bits per heavy atom. The molecule has 0 atom stereocenters. The predicted molar refractivity (Wildman–Crippen MR) is 91.4 cm³/mol. The second-order valence-electron chi connectivity index (χ2n) is 6.60. The first-order chi connectivity index (χ1) is 11.7. The smallest absolute Gasteiger partial charge is 0.159 e. The van der Waals surface area contributed by atoms with Crippen LogP contribution in [0.4, 0.5) is 8.78 Å². The Labute approximate surface area is 141 Å². The third-order valence-corrected chi connectivity index (χ3v) is 4.95. The van der Waals surface area contributed by atoms with Crippen LogP contribution in [0.2, 0.25) is 0 Å². The summed E-state index contributed by atoms with van der Waals surface area (Å²) in [4.78, 5) is 8.59. The van der Waals surface area contributed by atoms with Crippen molar-refractivity contribution in [3.63, 3.8) is 0 Å². The summed E-state index contributed by atoms with van der Waals surface area (Å²) in [5.74, 6) is 0.146. The molecule has 126 valence electrons. The number of benzene rings is 1. The van der Waals surface area contributed by atoms with Crippen molar-refractivity contribution in [3.05, 3.63) is 60.4 Å². The van der Waals surface area contributed by atoms with E-state index in [2.05, 4.69) is 22.6 Å². The second-order valence-corrected chi connectivity index (χ2v) is 6.60. The Bertz CT molecular complexity index is 689. The number of hydrogen-bond donors (Lipinski definition) is 0. The van der Waals surface area contributed by atoms with Crippen molar-refractivity contribution in [1.29, 1.82) is 0 Å². The molecule has 3 rings (SSSR count). The minimum atomic E-state index is -0.879. The van der Waals surface area contributed by atoms with Gasteiger partial charge in [-0.05, 0) is 74.1 Å². The van der Waals surface area contributed by atoms with Crippen LogP contribution in [-0.4, -0.2) is 9.97 Å². The van der Waals surface area contributed by atoms with Gasteiger partial charge in [0.2, 0.25) is 0 Å². The van der Waals surface area contributed by atoms with Gasteiger partial charge in [-0.2, -0.15) is 0 Å². The highest BCUT2D eigenvalue weighted by Gasteiger charge is 2.19. The van der Waals surface area contributed by atoms with Gasteiger partial charge < -0.3 is 0 Å². The minimum absolute atomic E-state index is 0.421. The summed E-state index contributed by atoms with van der Waals surface area (Å²) in [7, 11) is 0. The molecule has 0 radical (unpaired) electrons. The molecular weight excluding hydrogens is 306 g/mol. The fourth-order valence-electron chi connectivity index (χ4n) is 3.35. The highest BCUT2D eigenvalue weighted by molar-refractivity contribution is 5.54. The van der Waals surface area contributed by atoms with E-state index in [9.17, 15) is 8.78 Å². The average molecular weight is 328 g/mol. The summed E-state index contributed by atoms with van der Waals surface area (Å²) in [6, 6.07) is 3.72. The fraction of sp³-hybridized carbons (Fsp3) is 0.400. The lowest BCUT2D eigenvalue weighted by molar-refractivity contribution is 0.296. The Morgan fingerprint density at radius 3 is 2.38 bits per heavy atom. The lowest BCUT2D eigenvalue weighted by Gasteiger charge is -2.26. The molecule has 1 fully saturated rings. The maximum atomic E-state index is 13.3. The van der Waals surface area contributed by atoms with Crippen LogP contribution in [0.25, 0.3) is 11.4 Å².